The van der Waals surface area contributed by atoms with Gasteiger partial charge in [0.15, 0.2) is 0 Å². The second-order valence-corrected chi connectivity index (χ2v) is 9.83. The Hall–Kier alpha value is -3.26. The number of nitrogens with one attached hydrogen (secondary N) is 2. The zero-order valence-electron chi connectivity index (χ0n) is 18.7. The van der Waals surface area contributed by atoms with Crippen molar-refractivity contribution in [1.29, 1.82) is 0 Å². The van der Waals surface area contributed by atoms with E-state index in [1.165, 1.54) is 29.0 Å². The van der Waals surface area contributed by atoms with Gasteiger partial charge in [-0.1, -0.05) is 18.2 Å². The number of benzene rings is 2. The summed E-state index contributed by atoms with van der Waals surface area (Å²) in [4.78, 5) is 36.2. The van der Waals surface area contributed by atoms with Crippen LogP contribution in [0, 0.1) is 11.7 Å². The lowest BCUT2D eigenvalue weighted by Crippen LogP contribution is -2.34. The van der Waals surface area contributed by atoms with Gasteiger partial charge in [-0.15, -0.1) is 11.3 Å². The summed E-state index contributed by atoms with van der Waals surface area (Å²) in [6.45, 7) is 0.574. The predicted octanol–water partition coefficient (Wildman–Crippen LogP) is 4.95. The van der Waals surface area contributed by atoms with Crippen molar-refractivity contribution in [3.05, 3.63) is 70.4 Å². The minimum absolute atomic E-state index is 0.205. The molecule has 1 fully saturated rings. The summed E-state index contributed by atoms with van der Waals surface area (Å²) in [6.07, 6.45) is 4.03. The Balaban J connectivity index is 1.21. The van der Waals surface area contributed by atoms with E-state index in [9.17, 15) is 18.8 Å². The molecule has 0 atom stereocenters. The van der Waals surface area contributed by atoms with Crippen LogP contribution in [0.25, 0.3) is 10.1 Å². The summed E-state index contributed by atoms with van der Waals surface area (Å²) in [5, 5.41) is 15.4. The number of carbonyl (C=O) groups is 3. The molecule has 8 heteroatoms. The van der Waals surface area contributed by atoms with E-state index < -0.39 is 5.97 Å². The van der Waals surface area contributed by atoms with E-state index in [0.29, 0.717) is 22.9 Å². The van der Waals surface area contributed by atoms with Crippen molar-refractivity contribution in [1.82, 2.24) is 10.6 Å². The first-order valence-corrected chi connectivity index (χ1v) is 12.3. The van der Waals surface area contributed by atoms with Crippen molar-refractivity contribution in [3.8, 4) is 0 Å². The molecular formula is C26H27FN2O4S. The lowest BCUT2D eigenvalue weighted by Gasteiger charge is -2.28. The number of aliphatic carboxylic acids is 1. The summed E-state index contributed by atoms with van der Waals surface area (Å²) in [5.74, 6) is -0.846. The molecule has 178 valence electrons. The fourth-order valence-electron chi connectivity index (χ4n) is 4.51. The Morgan fingerprint density at radius 2 is 1.59 bits per heavy atom. The van der Waals surface area contributed by atoms with Crippen LogP contribution in [-0.4, -0.2) is 36.0 Å². The average Bonchev–Trinajstić information content (AvgIpc) is 3.25. The fraction of sp³-hybridized carbons (Fsp3) is 0.346. The van der Waals surface area contributed by atoms with Crippen molar-refractivity contribution >= 4 is 39.2 Å². The molecule has 1 aliphatic carbocycles. The fourth-order valence-corrected chi connectivity index (χ4v) is 5.52. The minimum atomic E-state index is -0.727. The highest BCUT2D eigenvalue weighted by atomic mass is 32.1. The zero-order valence-corrected chi connectivity index (χ0v) is 19.5. The number of fused-ring (bicyclic) bond motifs is 1. The first kappa shape index (κ1) is 23.9. The Morgan fingerprint density at radius 3 is 2.26 bits per heavy atom. The van der Waals surface area contributed by atoms with Crippen LogP contribution in [0.15, 0.2) is 48.5 Å². The van der Waals surface area contributed by atoms with Gasteiger partial charge in [0, 0.05) is 29.8 Å². The highest BCUT2D eigenvalue weighted by molar-refractivity contribution is 7.20. The van der Waals surface area contributed by atoms with Crippen LogP contribution in [0.5, 0.6) is 0 Å². The van der Waals surface area contributed by atoms with Crippen LogP contribution in [0.4, 0.5) is 4.39 Å². The summed E-state index contributed by atoms with van der Waals surface area (Å²) in [5.41, 5.74) is 1.74. The van der Waals surface area contributed by atoms with Crippen LogP contribution >= 0.6 is 11.3 Å². The zero-order chi connectivity index (χ0) is 24.1. The standard InChI is InChI=1S/C26H27FN2O4S/c27-21-10-9-20-14-23(34-22(20)15-21)26(33)29-12-11-28-25(32)19-7-5-18(6-8-19)17-3-1-16(2-4-17)13-24(30)31/h5-10,14-17H,1-4,11-13H2,(H,28,32)(H,29,33)(H,30,31)/t16-,17-. The van der Waals surface area contributed by atoms with Gasteiger partial charge in [-0.25, -0.2) is 4.39 Å². The average molecular weight is 483 g/mol. The van der Waals surface area contributed by atoms with Crippen LogP contribution < -0.4 is 10.6 Å². The van der Waals surface area contributed by atoms with E-state index in [-0.39, 0.29) is 36.5 Å². The summed E-state index contributed by atoms with van der Waals surface area (Å²) >= 11 is 1.23. The Bertz CT molecular complexity index is 1180. The lowest BCUT2D eigenvalue weighted by atomic mass is 9.77. The van der Waals surface area contributed by atoms with Gasteiger partial charge in [0.1, 0.15) is 5.82 Å². The Kier molecular flexibility index (Phi) is 7.57. The maximum Gasteiger partial charge on any atom is 0.303 e. The molecule has 1 aliphatic rings. The maximum atomic E-state index is 13.3. The molecule has 1 aromatic heterocycles. The highest BCUT2D eigenvalue weighted by Crippen LogP contribution is 2.37. The molecule has 2 aromatic carbocycles. The molecule has 0 bridgehead atoms. The molecule has 3 aromatic rings. The van der Waals surface area contributed by atoms with Crippen LogP contribution in [0.1, 0.15) is 63.6 Å². The summed E-state index contributed by atoms with van der Waals surface area (Å²) < 4.78 is 14.0. The first-order valence-electron chi connectivity index (χ1n) is 11.5. The number of hydrogen-bond donors (Lipinski definition) is 3. The predicted molar refractivity (Wildman–Crippen MR) is 130 cm³/mol. The lowest BCUT2D eigenvalue weighted by molar-refractivity contribution is -0.138. The number of carbonyl (C=O) groups excluding carboxylic acids is 2. The van der Waals surface area contributed by atoms with E-state index >= 15 is 0 Å². The molecule has 1 heterocycles. The van der Waals surface area contributed by atoms with Crippen molar-refractivity contribution in [2.75, 3.05) is 13.1 Å². The second kappa shape index (κ2) is 10.8. The number of carboxylic acid groups (broad SMARTS) is 1. The van der Waals surface area contributed by atoms with Crippen molar-refractivity contribution < 1.29 is 23.9 Å². The first-order chi connectivity index (χ1) is 16.4. The molecule has 4 rings (SSSR count). The van der Waals surface area contributed by atoms with Crippen LogP contribution in [0.2, 0.25) is 0 Å². The molecule has 0 saturated heterocycles. The van der Waals surface area contributed by atoms with Gasteiger partial charge in [0.25, 0.3) is 11.8 Å². The monoisotopic (exact) mass is 482 g/mol. The van der Waals surface area contributed by atoms with Crippen molar-refractivity contribution in [2.45, 2.75) is 38.0 Å². The quantitative estimate of drug-likeness (QED) is 0.396. The molecule has 6 nitrogen and oxygen atoms in total. The number of rotatable bonds is 8. The SMILES string of the molecule is O=C(O)C[C@H]1CC[C@H](c2ccc(C(=O)NCCNC(=O)c3cc4ccc(F)cc4s3)cc2)CC1. The van der Waals surface area contributed by atoms with Gasteiger partial charge in [0.2, 0.25) is 0 Å². The number of thiophene rings is 1. The molecule has 0 spiro atoms. The molecule has 0 radical (unpaired) electrons. The molecule has 1 saturated carbocycles. The van der Waals surface area contributed by atoms with Gasteiger partial charge in [0.05, 0.1) is 4.88 Å². The maximum absolute atomic E-state index is 13.3. The number of carboxylic acids is 1. The third-order valence-electron chi connectivity index (χ3n) is 6.36. The van der Waals surface area contributed by atoms with Crippen LogP contribution in [-0.2, 0) is 4.79 Å². The van der Waals surface area contributed by atoms with E-state index in [1.54, 1.807) is 12.1 Å². The molecule has 0 aliphatic heterocycles. The van der Waals surface area contributed by atoms with Crippen molar-refractivity contribution in [3.63, 3.8) is 0 Å². The molecular weight excluding hydrogens is 455 g/mol. The van der Waals surface area contributed by atoms with Gasteiger partial charge < -0.3 is 15.7 Å². The van der Waals surface area contributed by atoms with E-state index in [1.807, 2.05) is 24.3 Å². The number of amides is 2. The third kappa shape index (κ3) is 5.99. The van der Waals surface area contributed by atoms with E-state index in [0.717, 1.165) is 35.8 Å². The van der Waals surface area contributed by atoms with E-state index in [4.69, 9.17) is 5.11 Å². The van der Waals surface area contributed by atoms with Gasteiger partial charge in [-0.3, -0.25) is 14.4 Å². The molecule has 0 unspecified atom stereocenters. The van der Waals surface area contributed by atoms with E-state index in [2.05, 4.69) is 10.6 Å². The minimum Gasteiger partial charge on any atom is -0.481 e. The van der Waals surface area contributed by atoms with Gasteiger partial charge >= 0.3 is 5.97 Å². The number of hydrogen-bond acceptors (Lipinski definition) is 4. The highest BCUT2D eigenvalue weighted by Gasteiger charge is 2.24. The van der Waals surface area contributed by atoms with Gasteiger partial charge in [-0.05, 0) is 78.8 Å². The normalized spacial score (nSPS) is 17.9. The topological polar surface area (TPSA) is 95.5 Å². The molecule has 3 N–H and O–H groups in total. The number of halogens is 1. The van der Waals surface area contributed by atoms with Crippen LogP contribution in [0.3, 0.4) is 0 Å². The molecule has 2 amide bonds. The largest absolute Gasteiger partial charge is 0.481 e. The summed E-state index contributed by atoms with van der Waals surface area (Å²) in [6, 6.07) is 13.7. The van der Waals surface area contributed by atoms with Crippen molar-refractivity contribution in [2.24, 2.45) is 5.92 Å². The molecule has 34 heavy (non-hydrogen) atoms. The Morgan fingerprint density at radius 1 is 0.912 bits per heavy atom. The second-order valence-electron chi connectivity index (χ2n) is 8.74. The Labute approximate surface area is 201 Å². The smallest absolute Gasteiger partial charge is 0.303 e. The third-order valence-corrected chi connectivity index (χ3v) is 7.45. The van der Waals surface area contributed by atoms with Gasteiger partial charge in [-0.2, -0.15) is 0 Å². The summed E-state index contributed by atoms with van der Waals surface area (Å²) in [7, 11) is 0.